The van der Waals surface area contributed by atoms with Gasteiger partial charge < -0.3 is 9.84 Å². The van der Waals surface area contributed by atoms with Crippen LogP contribution >= 0.6 is 0 Å². The molecule has 1 saturated carbocycles. The van der Waals surface area contributed by atoms with Crippen LogP contribution in [0.1, 0.15) is 52.4 Å². The quantitative estimate of drug-likeness (QED) is 0.648. The Kier molecular flexibility index (Phi) is 2.85. The van der Waals surface area contributed by atoms with Crippen molar-refractivity contribution in [3.8, 4) is 0 Å². The van der Waals surface area contributed by atoms with Gasteiger partial charge in [-0.25, -0.2) is 0 Å². The van der Waals surface area contributed by atoms with Crippen molar-refractivity contribution in [2.24, 2.45) is 5.92 Å². The molecule has 0 amide bonds. The van der Waals surface area contributed by atoms with Gasteiger partial charge in [-0.05, 0) is 26.7 Å². The molecular weight excluding hydrogens is 176 g/mol. The smallest absolute Gasteiger partial charge is 0.0655 e. The lowest BCUT2D eigenvalue weighted by Crippen LogP contribution is -2.48. The van der Waals surface area contributed by atoms with Gasteiger partial charge in [0.1, 0.15) is 0 Å². The molecule has 82 valence electrons. The van der Waals surface area contributed by atoms with Crippen molar-refractivity contribution in [2.45, 2.75) is 70.2 Å². The Labute approximate surface area is 86.6 Å². The lowest BCUT2D eigenvalue weighted by atomic mass is 9.81. The van der Waals surface area contributed by atoms with E-state index in [-0.39, 0.29) is 11.7 Å². The Morgan fingerprint density at radius 3 is 2.64 bits per heavy atom. The molecule has 14 heavy (non-hydrogen) atoms. The summed E-state index contributed by atoms with van der Waals surface area (Å²) in [5.74, 6) is 0.408. The van der Waals surface area contributed by atoms with Crippen molar-refractivity contribution in [3.63, 3.8) is 0 Å². The molecule has 1 N–H and O–H groups in total. The van der Waals surface area contributed by atoms with Crippen LogP contribution in [0.25, 0.3) is 0 Å². The molecule has 0 spiro atoms. The topological polar surface area (TPSA) is 29.5 Å². The van der Waals surface area contributed by atoms with Gasteiger partial charge in [0.2, 0.25) is 0 Å². The highest BCUT2D eigenvalue weighted by molar-refractivity contribution is 4.90. The van der Waals surface area contributed by atoms with E-state index < -0.39 is 0 Å². The molecule has 0 radical (unpaired) electrons. The molecule has 2 rings (SSSR count). The summed E-state index contributed by atoms with van der Waals surface area (Å²) < 4.78 is 6.07. The lowest BCUT2D eigenvalue weighted by molar-refractivity contribution is -0.178. The number of rotatable bonds is 0. The van der Waals surface area contributed by atoms with Crippen LogP contribution in [-0.2, 0) is 4.74 Å². The average Bonchev–Trinajstić information content (AvgIpc) is 2.27. The number of fused-ring (bicyclic) bond motifs is 1. The maximum Gasteiger partial charge on any atom is 0.0655 e. The summed E-state index contributed by atoms with van der Waals surface area (Å²) in [7, 11) is 0. The predicted molar refractivity (Wildman–Crippen MR) is 56.2 cm³/mol. The van der Waals surface area contributed by atoms with Crippen LogP contribution in [0.5, 0.6) is 0 Å². The minimum absolute atomic E-state index is 0.120. The number of aliphatic hydroxyl groups excluding tert-OH is 1. The fourth-order valence-corrected chi connectivity index (χ4v) is 3.00. The van der Waals surface area contributed by atoms with Crippen molar-refractivity contribution in [2.75, 3.05) is 0 Å². The van der Waals surface area contributed by atoms with E-state index >= 15 is 0 Å². The first-order valence-electron chi connectivity index (χ1n) is 5.94. The zero-order valence-corrected chi connectivity index (χ0v) is 9.33. The average molecular weight is 198 g/mol. The van der Waals surface area contributed by atoms with Crippen molar-refractivity contribution in [3.05, 3.63) is 0 Å². The Bertz CT molecular complexity index is 200. The predicted octanol–water partition coefficient (Wildman–Crippen LogP) is 2.50. The lowest BCUT2D eigenvalue weighted by Gasteiger charge is -2.43. The standard InChI is InChI=1S/C12H22O2/c1-12(2)8-10(13)9-6-4-3-5-7-11(9)14-12/h9-11,13H,3-8H2,1-2H3. The summed E-state index contributed by atoms with van der Waals surface area (Å²) >= 11 is 0. The fraction of sp³-hybridized carbons (Fsp3) is 1.00. The highest BCUT2D eigenvalue weighted by Gasteiger charge is 2.41. The molecule has 0 aromatic heterocycles. The van der Waals surface area contributed by atoms with E-state index in [4.69, 9.17) is 4.74 Å². The van der Waals surface area contributed by atoms with Gasteiger partial charge in [0, 0.05) is 12.3 Å². The summed E-state index contributed by atoms with van der Waals surface area (Å²) in [5, 5.41) is 10.1. The van der Waals surface area contributed by atoms with Crippen LogP contribution in [0.15, 0.2) is 0 Å². The molecule has 2 nitrogen and oxygen atoms in total. The zero-order valence-electron chi connectivity index (χ0n) is 9.33. The summed E-state index contributed by atoms with van der Waals surface area (Å²) in [4.78, 5) is 0. The van der Waals surface area contributed by atoms with E-state index in [2.05, 4.69) is 13.8 Å². The van der Waals surface area contributed by atoms with Gasteiger partial charge in [0.15, 0.2) is 0 Å². The normalized spacial score (nSPS) is 42.6. The first-order chi connectivity index (χ1) is 6.58. The Hall–Kier alpha value is -0.0800. The third-order valence-electron chi connectivity index (χ3n) is 3.67. The monoisotopic (exact) mass is 198 g/mol. The molecule has 3 atom stereocenters. The van der Waals surface area contributed by atoms with Gasteiger partial charge in [-0.3, -0.25) is 0 Å². The van der Waals surface area contributed by atoms with E-state index in [1.54, 1.807) is 0 Å². The third-order valence-corrected chi connectivity index (χ3v) is 3.67. The molecule has 1 heterocycles. The molecule has 2 heteroatoms. The van der Waals surface area contributed by atoms with Crippen molar-refractivity contribution in [1.29, 1.82) is 0 Å². The third kappa shape index (κ3) is 2.12. The number of aliphatic hydroxyl groups is 1. The van der Waals surface area contributed by atoms with E-state index in [1.165, 1.54) is 19.3 Å². The van der Waals surface area contributed by atoms with Crippen LogP contribution in [0.4, 0.5) is 0 Å². The van der Waals surface area contributed by atoms with Crippen molar-refractivity contribution < 1.29 is 9.84 Å². The summed E-state index contributed by atoms with van der Waals surface area (Å²) in [6.45, 7) is 4.19. The largest absolute Gasteiger partial charge is 0.393 e. The van der Waals surface area contributed by atoms with E-state index in [0.717, 1.165) is 19.3 Å². The van der Waals surface area contributed by atoms with E-state index in [9.17, 15) is 5.11 Å². The maximum absolute atomic E-state index is 10.1. The van der Waals surface area contributed by atoms with Gasteiger partial charge in [-0.2, -0.15) is 0 Å². The van der Waals surface area contributed by atoms with Gasteiger partial charge in [-0.1, -0.05) is 19.3 Å². The Morgan fingerprint density at radius 2 is 1.86 bits per heavy atom. The number of hydrogen-bond donors (Lipinski definition) is 1. The minimum atomic E-state index is -0.137. The molecular formula is C12H22O2. The van der Waals surface area contributed by atoms with Crippen LogP contribution < -0.4 is 0 Å². The Balaban J connectivity index is 2.08. The molecule has 0 bridgehead atoms. The second-order valence-corrected chi connectivity index (χ2v) is 5.49. The molecule has 0 aromatic carbocycles. The van der Waals surface area contributed by atoms with Crippen molar-refractivity contribution in [1.82, 2.24) is 0 Å². The second kappa shape index (κ2) is 3.82. The van der Waals surface area contributed by atoms with Gasteiger partial charge >= 0.3 is 0 Å². The number of ether oxygens (including phenoxy) is 1. The molecule has 1 aliphatic heterocycles. The first-order valence-corrected chi connectivity index (χ1v) is 5.94. The van der Waals surface area contributed by atoms with Gasteiger partial charge in [0.05, 0.1) is 17.8 Å². The van der Waals surface area contributed by atoms with Gasteiger partial charge in [0.25, 0.3) is 0 Å². The summed E-state index contributed by atoms with van der Waals surface area (Å²) in [6.07, 6.45) is 7.12. The van der Waals surface area contributed by atoms with Crippen LogP contribution in [-0.4, -0.2) is 22.9 Å². The van der Waals surface area contributed by atoms with Crippen molar-refractivity contribution >= 4 is 0 Å². The molecule has 3 unspecified atom stereocenters. The minimum Gasteiger partial charge on any atom is -0.393 e. The molecule has 0 aromatic rings. The highest BCUT2D eigenvalue weighted by Crippen LogP contribution is 2.38. The summed E-state index contributed by atoms with van der Waals surface area (Å²) in [5.41, 5.74) is -0.120. The number of hydrogen-bond acceptors (Lipinski definition) is 2. The molecule has 1 aliphatic carbocycles. The van der Waals surface area contributed by atoms with Crippen LogP contribution in [0.3, 0.4) is 0 Å². The SMILES string of the molecule is CC1(C)CC(O)C2CCCCCC2O1. The fourth-order valence-electron chi connectivity index (χ4n) is 3.00. The van der Waals surface area contributed by atoms with Crippen LogP contribution in [0.2, 0.25) is 0 Å². The molecule has 2 aliphatic rings. The second-order valence-electron chi connectivity index (χ2n) is 5.49. The maximum atomic E-state index is 10.1. The highest BCUT2D eigenvalue weighted by atomic mass is 16.5. The zero-order chi connectivity index (χ0) is 10.2. The van der Waals surface area contributed by atoms with E-state index in [0.29, 0.717) is 12.0 Å². The molecule has 2 fully saturated rings. The van der Waals surface area contributed by atoms with Gasteiger partial charge in [-0.15, -0.1) is 0 Å². The Morgan fingerprint density at radius 1 is 1.14 bits per heavy atom. The van der Waals surface area contributed by atoms with E-state index in [1.807, 2.05) is 0 Å². The summed E-state index contributed by atoms with van der Waals surface area (Å²) in [6, 6.07) is 0. The van der Waals surface area contributed by atoms with Crippen LogP contribution in [0, 0.1) is 5.92 Å². The molecule has 1 saturated heterocycles. The first kappa shape index (κ1) is 10.4.